The van der Waals surface area contributed by atoms with Crippen LogP contribution in [0.3, 0.4) is 0 Å². The van der Waals surface area contributed by atoms with Crippen molar-refractivity contribution in [3.63, 3.8) is 0 Å². The molecule has 0 amide bonds. The molecule has 1 atom stereocenters. The van der Waals surface area contributed by atoms with E-state index in [1.807, 2.05) is 32.0 Å². The number of piperidine rings is 1. The van der Waals surface area contributed by atoms with Gasteiger partial charge >= 0.3 is 6.01 Å². The quantitative estimate of drug-likeness (QED) is 0.564. The molecule has 182 valence electrons. The maximum Gasteiger partial charge on any atom is 0.320 e. The summed E-state index contributed by atoms with van der Waals surface area (Å²) in [5.41, 5.74) is 2.26. The Morgan fingerprint density at radius 2 is 1.88 bits per heavy atom. The molecule has 5 rings (SSSR count). The highest BCUT2D eigenvalue weighted by atomic mass is 19.3. The molecule has 3 aromatic rings. The normalized spacial score (nSPS) is 21.2. The second-order valence-electron chi connectivity index (χ2n) is 9.06. The van der Waals surface area contributed by atoms with Crippen molar-refractivity contribution < 1.29 is 18.3 Å². The number of hydrogen-bond acceptors (Lipinski definition) is 7. The average Bonchev–Trinajstić information content (AvgIpc) is 3.21. The van der Waals surface area contributed by atoms with E-state index in [4.69, 9.17) is 9.47 Å². The largest absolute Gasteiger partial charge is 0.464 e. The molecule has 2 aliphatic heterocycles. The molecular weight excluding hydrogens is 442 g/mol. The number of benzene rings is 1. The van der Waals surface area contributed by atoms with Gasteiger partial charge in [0.25, 0.3) is 5.92 Å². The minimum Gasteiger partial charge on any atom is -0.464 e. The number of anilines is 1. The molecule has 0 N–H and O–H groups in total. The van der Waals surface area contributed by atoms with Gasteiger partial charge in [0.05, 0.1) is 44.0 Å². The van der Waals surface area contributed by atoms with E-state index in [2.05, 4.69) is 20.0 Å². The molecule has 2 fully saturated rings. The summed E-state index contributed by atoms with van der Waals surface area (Å²) in [5, 5.41) is 5.44. The zero-order chi connectivity index (χ0) is 23.9. The molecule has 8 nitrogen and oxygen atoms in total. The first-order chi connectivity index (χ1) is 16.4. The molecule has 0 bridgehead atoms. The minimum absolute atomic E-state index is 0.235. The highest BCUT2D eigenvalue weighted by molar-refractivity contribution is 5.82. The number of ether oxygens (including phenoxy) is 2. The monoisotopic (exact) mass is 472 g/mol. The van der Waals surface area contributed by atoms with Gasteiger partial charge in [0.15, 0.2) is 5.82 Å². The van der Waals surface area contributed by atoms with Crippen LogP contribution < -0.4 is 9.64 Å². The van der Waals surface area contributed by atoms with Crippen molar-refractivity contribution in [2.24, 2.45) is 0 Å². The van der Waals surface area contributed by atoms with E-state index in [0.717, 1.165) is 35.4 Å². The van der Waals surface area contributed by atoms with Crippen LogP contribution >= 0.6 is 0 Å². The van der Waals surface area contributed by atoms with Gasteiger partial charge in [-0.2, -0.15) is 15.1 Å². The highest BCUT2D eigenvalue weighted by Crippen LogP contribution is 2.42. The number of halogens is 2. The summed E-state index contributed by atoms with van der Waals surface area (Å²) < 4.78 is 42.8. The summed E-state index contributed by atoms with van der Waals surface area (Å²) in [6.07, 6.45) is 2.16. The maximum absolute atomic E-state index is 15.0. The smallest absolute Gasteiger partial charge is 0.320 e. The summed E-state index contributed by atoms with van der Waals surface area (Å²) in [5.74, 6) is -2.35. The lowest BCUT2D eigenvalue weighted by molar-refractivity contribution is -0.0766. The van der Waals surface area contributed by atoms with Crippen molar-refractivity contribution in [2.45, 2.75) is 32.1 Å². The summed E-state index contributed by atoms with van der Waals surface area (Å²) in [7, 11) is 1.74. The van der Waals surface area contributed by atoms with E-state index in [9.17, 15) is 0 Å². The van der Waals surface area contributed by atoms with Crippen LogP contribution in [0.2, 0.25) is 0 Å². The number of morpholine rings is 1. The Bertz CT molecular complexity index is 1180. The topological polar surface area (TPSA) is 68.5 Å². The van der Waals surface area contributed by atoms with Gasteiger partial charge in [-0.25, -0.2) is 13.5 Å². The van der Waals surface area contributed by atoms with Crippen molar-refractivity contribution in [1.29, 1.82) is 0 Å². The molecule has 34 heavy (non-hydrogen) atoms. The number of hydrogen-bond donors (Lipinski definition) is 0. The van der Waals surface area contributed by atoms with Crippen LogP contribution in [0.25, 0.3) is 16.7 Å². The fourth-order valence-electron chi connectivity index (χ4n) is 4.91. The van der Waals surface area contributed by atoms with Gasteiger partial charge < -0.3 is 19.3 Å². The fraction of sp³-hybridized carbons (Fsp3) is 0.542. The first-order valence-corrected chi connectivity index (χ1v) is 11.8. The maximum atomic E-state index is 15.0. The van der Waals surface area contributed by atoms with Crippen LogP contribution in [-0.2, 0) is 4.74 Å². The molecule has 0 saturated carbocycles. The number of alkyl halides is 2. The number of likely N-dealkylation sites (tertiary alicyclic amines) is 1. The molecule has 2 saturated heterocycles. The van der Waals surface area contributed by atoms with Crippen LogP contribution in [0.15, 0.2) is 24.4 Å². The summed E-state index contributed by atoms with van der Waals surface area (Å²) in [6.45, 7) is 7.31. The number of nitrogens with zero attached hydrogens (tertiary/aromatic N) is 6. The van der Waals surface area contributed by atoms with E-state index >= 15 is 8.78 Å². The van der Waals surface area contributed by atoms with E-state index in [1.54, 1.807) is 22.8 Å². The van der Waals surface area contributed by atoms with Crippen molar-refractivity contribution in [3.05, 3.63) is 35.5 Å². The van der Waals surface area contributed by atoms with Gasteiger partial charge in [0, 0.05) is 24.5 Å². The second-order valence-corrected chi connectivity index (χ2v) is 9.06. The number of fused-ring (bicyclic) bond motifs is 1. The SMILES string of the molecule is CCOc1nc(N2CCOCC2)cc(-n2ncc3cc(C)c(C4CCN(C)CC4(F)F)cc32)n1. The Morgan fingerprint density at radius 1 is 1.12 bits per heavy atom. The molecular formula is C24H30F2N6O2. The molecule has 0 radical (unpaired) electrons. The Kier molecular flexibility index (Phi) is 6.11. The Balaban J connectivity index is 1.59. The molecule has 1 aromatic carbocycles. The van der Waals surface area contributed by atoms with Crippen molar-refractivity contribution in [3.8, 4) is 11.8 Å². The number of aromatic nitrogens is 4. The number of rotatable bonds is 5. The van der Waals surface area contributed by atoms with Crippen molar-refractivity contribution in [2.75, 3.05) is 57.9 Å². The minimum atomic E-state index is -2.79. The third-order valence-electron chi connectivity index (χ3n) is 6.63. The van der Waals surface area contributed by atoms with E-state index < -0.39 is 11.8 Å². The Labute approximate surface area is 197 Å². The summed E-state index contributed by atoms with van der Waals surface area (Å²) in [4.78, 5) is 12.9. The van der Waals surface area contributed by atoms with E-state index in [-0.39, 0.29) is 12.6 Å². The third-order valence-corrected chi connectivity index (χ3v) is 6.63. The third kappa shape index (κ3) is 4.32. The first kappa shape index (κ1) is 22.9. The predicted molar refractivity (Wildman–Crippen MR) is 125 cm³/mol. The van der Waals surface area contributed by atoms with Crippen LogP contribution in [0, 0.1) is 6.92 Å². The fourth-order valence-corrected chi connectivity index (χ4v) is 4.91. The average molecular weight is 473 g/mol. The molecule has 0 aliphatic carbocycles. The van der Waals surface area contributed by atoms with Crippen LogP contribution in [-0.4, -0.2) is 83.6 Å². The van der Waals surface area contributed by atoms with Crippen LogP contribution in [0.4, 0.5) is 14.6 Å². The van der Waals surface area contributed by atoms with Gasteiger partial charge in [-0.15, -0.1) is 0 Å². The number of aryl methyl sites for hydroxylation is 1. The zero-order valence-electron chi connectivity index (χ0n) is 19.8. The first-order valence-electron chi connectivity index (χ1n) is 11.8. The molecule has 1 unspecified atom stereocenters. The van der Waals surface area contributed by atoms with Gasteiger partial charge in [0.1, 0.15) is 5.82 Å². The van der Waals surface area contributed by atoms with Gasteiger partial charge in [-0.1, -0.05) is 0 Å². The van der Waals surface area contributed by atoms with E-state index in [0.29, 0.717) is 44.2 Å². The lowest BCUT2D eigenvalue weighted by Crippen LogP contribution is -2.45. The Hall–Kier alpha value is -2.85. The van der Waals surface area contributed by atoms with E-state index in [1.165, 1.54) is 0 Å². The molecule has 10 heteroatoms. The summed E-state index contributed by atoms with van der Waals surface area (Å²) in [6, 6.07) is 5.93. The molecule has 2 aliphatic rings. The predicted octanol–water partition coefficient (Wildman–Crippen LogP) is 3.41. The molecule has 4 heterocycles. The van der Waals surface area contributed by atoms with Crippen LogP contribution in [0.5, 0.6) is 6.01 Å². The lowest BCUT2D eigenvalue weighted by atomic mass is 9.83. The Morgan fingerprint density at radius 3 is 2.62 bits per heavy atom. The van der Waals surface area contributed by atoms with Crippen molar-refractivity contribution in [1.82, 2.24) is 24.6 Å². The van der Waals surface area contributed by atoms with Crippen molar-refractivity contribution >= 4 is 16.7 Å². The molecule has 2 aromatic heterocycles. The highest BCUT2D eigenvalue weighted by Gasteiger charge is 2.45. The van der Waals surface area contributed by atoms with Gasteiger partial charge in [0.2, 0.25) is 0 Å². The standard InChI is InChI=1S/C24H30F2N6O2/c1-4-34-23-28-21(31-7-9-33-10-8-31)13-22(29-23)32-20-12-18(16(2)11-17(20)14-27-32)19-5-6-30(3)15-24(19,25)26/h11-14,19H,4-10,15H2,1-3H3. The van der Waals surface area contributed by atoms with Crippen LogP contribution in [0.1, 0.15) is 30.4 Å². The second kappa shape index (κ2) is 9.07. The van der Waals surface area contributed by atoms with Gasteiger partial charge in [-0.05, 0) is 57.1 Å². The zero-order valence-corrected chi connectivity index (χ0v) is 19.8. The summed E-state index contributed by atoms with van der Waals surface area (Å²) >= 11 is 0. The van der Waals surface area contributed by atoms with Gasteiger partial charge in [-0.3, -0.25) is 0 Å². The molecule has 0 spiro atoms. The lowest BCUT2D eigenvalue weighted by Gasteiger charge is -2.37.